The molecule has 40 heavy (non-hydrogen) atoms. The van der Waals surface area contributed by atoms with Gasteiger partial charge in [-0.05, 0) is 61.4 Å². The van der Waals surface area contributed by atoms with Crippen LogP contribution in [0, 0.1) is 5.41 Å². The Bertz CT molecular complexity index is 1370. The summed E-state index contributed by atoms with van der Waals surface area (Å²) < 4.78 is 5.54. The number of carbonyl (C=O) groups excluding carboxylic acids is 2. The number of hydrogen-bond acceptors (Lipinski definition) is 6. The highest BCUT2D eigenvalue weighted by Gasteiger charge is 2.40. The molecule has 1 spiro atoms. The fourth-order valence-corrected chi connectivity index (χ4v) is 6.25. The normalized spacial score (nSPS) is 18.2. The number of nitrogens with zero attached hydrogens (tertiary/aromatic N) is 5. The van der Waals surface area contributed by atoms with Crippen molar-refractivity contribution in [1.29, 1.82) is 0 Å². The van der Waals surface area contributed by atoms with Crippen LogP contribution in [0.15, 0.2) is 47.2 Å². The van der Waals surface area contributed by atoms with Crippen LogP contribution in [0.5, 0.6) is 0 Å². The van der Waals surface area contributed by atoms with Crippen molar-refractivity contribution in [3.05, 3.63) is 69.8 Å². The summed E-state index contributed by atoms with van der Waals surface area (Å²) in [6, 6.07) is 8.79. The summed E-state index contributed by atoms with van der Waals surface area (Å²) in [5, 5.41) is 7.79. The fraction of sp³-hybridized carbons (Fsp3) is 0.429. The van der Waals surface area contributed by atoms with Crippen LogP contribution < -0.4 is 10.2 Å². The van der Waals surface area contributed by atoms with Crippen LogP contribution >= 0.6 is 35.6 Å². The van der Waals surface area contributed by atoms with Gasteiger partial charge in [-0.15, -0.1) is 12.4 Å². The molecule has 0 unspecified atom stereocenters. The molecule has 212 valence electrons. The molecule has 3 aliphatic heterocycles. The Morgan fingerprint density at radius 1 is 0.900 bits per heavy atom. The number of halogens is 3. The largest absolute Gasteiger partial charge is 0.371 e. The molecule has 6 rings (SSSR count). The molecule has 2 fully saturated rings. The van der Waals surface area contributed by atoms with E-state index in [1.54, 1.807) is 23.1 Å². The number of piperidine rings is 2. The zero-order valence-electron chi connectivity index (χ0n) is 21.9. The van der Waals surface area contributed by atoms with E-state index in [4.69, 9.17) is 27.7 Å². The maximum Gasteiger partial charge on any atom is 0.322 e. The van der Waals surface area contributed by atoms with E-state index < -0.39 is 0 Å². The number of likely N-dealkylation sites (tertiary alicyclic amines) is 1. The number of aromatic nitrogens is 2. The van der Waals surface area contributed by atoms with E-state index in [0.29, 0.717) is 58.8 Å². The summed E-state index contributed by atoms with van der Waals surface area (Å²) >= 11 is 12.1. The first kappa shape index (κ1) is 28.5. The summed E-state index contributed by atoms with van der Waals surface area (Å²) in [5.74, 6) is 0.560. The lowest BCUT2D eigenvalue weighted by molar-refractivity contribution is 0.0505. The van der Waals surface area contributed by atoms with Gasteiger partial charge in [-0.2, -0.15) is 0 Å². The Kier molecular flexibility index (Phi) is 8.44. The Balaban J connectivity index is 0.00000323. The van der Waals surface area contributed by atoms with Gasteiger partial charge in [-0.3, -0.25) is 9.78 Å². The van der Waals surface area contributed by atoms with E-state index in [-0.39, 0.29) is 36.3 Å². The first-order valence-corrected chi connectivity index (χ1v) is 14.1. The zero-order valence-corrected chi connectivity index (χ0v) is 24.3. The van der Waals surface area contributed by atoms with Gasteiger partial charge in [-0.1, -0.05) is 28.4 Å². The molecule has 12 heteroatoms. The lowest BCUT2D eigenvalue weighted by Crippen LogP contribution is -2.48. The van der Waals surface area contributed by atoms with E-state index in [2.05, 4.69) is 32.5 Å². The van der Waals surface area contributed by atoms with Gasteiger partial charge < -0.3 is 24.5 Å². The lowest BCUT2D eigenvalue weighted by atomic mass is 9.71. The monoisotopic (exact) mass is 604 g/mol. The highest BCUT2D eigenvalue weighted by atomic mass is 35.5. The number of hydrogen-bond donors (Lipinski definition) is 1. The SMILES string of the molecule is Cl.O=C(Nc1ccc(Cl)c(Cl)c1)N1CCc2onc(C(=O)N3CCC4(CC3)CCN(c3ccncc3)CC4)c2C1. The molecule has 0 saturated carbocycles. The fourth-order valence-electron chi connectivity index (χ4n) is 5.95. The third-order valence-corrected chi connectivity index (χ3v) is 9.19. The molecule has 0 bridgehead atoms. The molecule has 3 aliphatic rings. The summed E-state index contributed by atoms with van der Waals surface area (Å²) in [5.41, 5.74) is 3.07. The number of amides is 3. The van der Waals surface area contributed by atoms with Crippen molar-refractivity contribution in [3.8, 4) is 0 Å². The molecule has 5 heterocycles. The minimum absolute atomic E-state index is 0. The van der Waals surface area contributed by atoms with E-state index in [9.17, 15) is 9.59 Å². The predicted molar refractivity (Wildman–Crippen MR) is 157 cm³/mol. The van der Waals surface area contributed by atoms with Gasteiger partial charge in [0, 0.05) is 68.5 Å². The third kappa shape index (κ3) is 5.73. The maximum atomic E-state index is 13.5. The van der Waals surface area contributed by atoms with Gasteiger partial charge in [0.15, 0.2) is 5.69 Å². The first-order chi connectivity index (χ1) is 18.9. The number of pyridine rings is 1. The molecule has 1 N–H and O–H groups in total. The predicted octanol–water partition coefficient (Wildman–Crippen LogP) is 5.91. The van der Waals surface area contributed by atoms with Crippen LogP contribution in [0.25, 0.3) is 0 Å². The molecule has 9 nitrogen and oxygen atoms in total. The van der Waals surface area contributed by atoms with Gasteiger partial charge in [0.05, 0.1) is 16.6 Å². The summed E-state index contributed by atoms with van der Waals surface area (Å²) in [4.78, 5) is 36.6. The van der Waals surface area contributed by atoms with Crippen molar-refractivity contribution in [2.75, 3.05) is 42.9 Å². The highest BCUT2D eigenvalue weighted by Crippen LogP contribution is 2.42. The van der Waals surface area contributed by atoms with E-state index in [0.717, 1.165) is 38.8 Å². The lowest BCUT2D eigenvalue weighted by Gasteiger charge is -2.47. The van der Waals surface area contributed by atoms with E-state index in [1.807, 2.05) is 17.3 Å². The van der Waals surface area contributed by atoms with Crippen LogP contribution in [0.4, 0.5) is 16.2 Å². The molecule has 1 aromatic carbocycles. The van der Waals surface area contributed by atoms with Gasteiger partial charge in [0.1, 0.15) is 5.76 Å². The second-order valence-electron chi connectivity index (χ2n) is 10.6. The number of nitrogens with one attached hydrogen (secondary N) is 1. The maximum absolute atomic E-state index is 13.5. The Morgan fingerprint density at radius 3 is 2.30 bits per heavy atom. The number of fused-ring (bicyclic) bond motifs is 1. The number of carbonyl (C=O) groups is 2. The molecule has 3 amide bonds. The molecule has 0 radical (unpaired) electrons. The molecular formula is C28H31Cl3N6O3. The molecule has 2 saturated heterocycles. The van der Waals surface area contributed by atoms with Crippen LogP contribution in [-0.2, 0) is 13.0 Å². The second-order valence-corrected chi connectivity index (χ2v) is 11.5. The molecule has 3 aromatic rings. The van der Waals surface area contributed by atoms with Gasteiger partial charge in [-0.25, -0.2) is 4.79 Å². The number of benzene rings is 1. The summed E-state index contributed by atoms with van der Waals surface area (Å²) in [6.07, 6.45) is 8.41. The van der Waals surface area contributed by atoms with Crippen molar-refractivity contribution in [3.63, 3.8) is 0 Å². The van der Waals surface area contributed by atoms with Crippen molar-refractivity contribution in [1.82, 2.24) is 19.9 Å². The van der Waals surface area contributed by atoms with Crippen molar-refractivity contribution >= 4 is 58.9 Å². The van der Waals surface area contributed by atoms with Gasteiger partial charge >= 0.3 is 6.03 Å². The molecule has 2 aromatic heterocycles. The smallest absolute Gasteiger partial charge is 0.322 e. The average Bonchev–Trinajstić information content (AvgIpc) is 3.39. The third-order valence-electron chi connectivity index (χ3n) is 8.45. The number of rotatable bonds is 3. The van der Waals surface area contributed by atoms with E-state index in [1.165, 1.54) is 5.69 Å². The molecule has 0 atom stereocenters. The van der Waals surface area contributed by atoms with E-state index >= 15 is 0 Å². The van der Waals surface area contributed by atoms with Crippen LogP contribution in [0.3, 0.4) is 0 Å². The first-order valence-electron chi connectivity index (χ1n) is 13.3. The minimum Gasteiger partial charge on any atom is -0.371 e. The highest BCUT2D eigenvalue weighted by molar-refractivity contribution is 6.42. The Hall–Kier alpha value is -3.01. The average molecular weight is 606 g/mol. The van der Waals surface area contributed by atoms with Crippen molar-refractivity contribution < 1.29 is 14.1 Å². The molecule has 0 aliphatic carbocycles. The molecular weight excluding hydrogens is 575 g/mol. The zero-order chi connectivity index (χ0) is 27.0. The standard InChI is InChI=1S/C28H30Cl2N6O3.ClH/c29-22-2-1-19(17-23(22)30)32-27(38)36-12-5-24-21(18-36)25(33-39-24)26(37)35-15-8-28(9-16-35)6-13-34(14-7-28)20-3-10-31-11-4-20;/h1-4,10-11,17H,5-9,12-16,18H2,(H,32,38);1H. The van der Waals surface area contributed by atoms with Crippen molar-refractivity contribution in [2.24, 2.45) is 5.41 Å². The minimum atomic E-state index is -0.281. The van der Waals surface area contributed by atoms with Crippen LogP contribution in [0.2, 0.25) is 10.0 Å². The number of urea groups is 1. The second kappa shape index (κ2) is 11.8. The summed E-state index contributed by atoms with van der Waals surface area (Å²) in [6.45, 7) is 4.18. The van der Waals surface area contributed by atoms with Crippen LogP contribution in [0.1, 0.15) is 47.5 Å². The Labute approximate surface area is 249 Å². The van der Waals surface area contributed by atoms with Crippen molar-refractivity contribution in [2.45, 2.75) is 38.6 Å². The number of anilines is 2. The van der Waals surface area contributed by atoms with Gasteiger partial charge in [0.25, 0.3) is 5.91 Å². The summed E-state index contributed by atoms with van der Waals surface area (Å²) in [7, 11) is 0. The topological polar surface area (TPSA) is 94.8 Å². The van der Waals surface area contributed by atoms with Gasteiger partial charge in [0.2, 0.25) is 0 Å². The van der Waals surface area contributed by atoms with Crippen LogP contribution in [-0.4, -0.2) is 64.6 Å². The quantitative estimate of drug-likeness (QED) is 0.399. The Morgan fingerprint density at radius 2 is 1.60 bits per heavy atom.